The van der Waals surface area contributed by atoms with E-state index >= 15 is 0 Å². The van der Waals surface area contributed by atoms with E-state index in [1.807, 2.05) is 43.3 Å². The molecule has 4 N–H and O–H groups in total. The highest BCUT2D eigenvalue weighted by atomic mass is 16.5. The third-order valence-electron chi connectivity index (χ3n) is 7.17. The first-order chi connectivity index (χ1) is 18.0. The van der Waals surface area contributed by atoms with Gasteiger partial charge < -0.3 is 30.2 Å². The number of hydrogen-bond acceptors (Lipinski definition) is 5. The van der Waals surface area contributed by atoms with Crippen molar-refractivity contribution < 1.29 is 19.4 Å². The van der Waals surface area contributed by atoms with Gasteiger partial charge in [-0.1, -0.05) is 24.3 Å². The summed E-state index contributed by atoms with van der Waals surface area (Å²) in [7, 11) is 1.66. The molecule has 1 aliphatic rings. The molecule has 0 saturated heterocycles. The number of nitrogen functional groups attached to an aromatic ring is 1. The van der Waals surface area contributed by atoms with Gasteiger partial charge in [0.25, 0.3) is 5.91 Å². The van der Waals surface area contributed by atoms with Crippen LogP contribution in [-0.4, -0.2) is 35.9 Å². The van der Waals surface area contributed by atoms with E-state index in [2.05, 4.69) is 16.0 Å². The highest BCUT2D eigenvalue weighted by Crippen LogP contribution is 2.44. The number of nitrogens with zero attached hydrogens (tertiary/aromatic N) is 1. The fourth-order valence-corrected chi connectivity index (χ4v) is 4.87. The summed E-state index contributed by atoms with van der Waals surface area (Å²) in [6, 6.07) is 20.7. The van der Waals surface area contributed by atoms with E-state index in [9.17, 15) is 9.90 Å². The van der Waals surface area contributed by atoms with Gasteiger partial charge >= 0.3 is 0 Å². The van der Waals surface area contributed by atoms with Gasteiger partial charge in [0.1, 0.15) is 18.1 Å². The number of fused-ring (bicyclic) bond motifs is 1. The number of amides is 1. The van der Waals surface area contributed by atoms with E-state index in [1.165, 1.54) is 6.42 Å². The first kappa shape index (κ1) is 24.7. The summed E-state index contributed by atoms with van der Waals surface area (Å²) in [6.45, 7) is 2.94. The van der Waals surface area contributed by atoms with Crippen molar-refractivity contribution in [1.82, 2.24) is 9.88 Å². The molecule has 1 saturated carbocycles. The maximum absolute atomic E-state index is 12.9. The van der Waals surface area contributed by atoms with Crippen LogP contribution in [0.3, 0.4) is 0 Å². The van der Waals surface area contributed by atoms with Crippen molar-refractivity contribution in [2.45, 2.75) is 38.3 Å². The molecular formula is C30H33N3O4. The Hall–Kier alpha value is -3.97. The Labute approximate surface area is 216 Å². The SMILES string of the molecule is COCCOc1ccc2c(N)c(-c3ccc(C(=O)N[C@H](C)c4ccc(O)cc4)cc3)n(C3CCC3)c2c1. The Morgan fingerprint density at radius 1 is 1.08 bits per heavy atom. The van der Waals surface area contributed by atoms with Crippen LogP contribution in [0, 0.1) is 0 Å². The highest BCUT2D eigenvalue weighted by Gasteiger charge is 2.27. The second kappa shape index (κ2) is 10.6. The van der Waals surface area contributed by atoms with Crippen molar-refractivity contribution in [1.29, 1.82) is 0 Å². The summed E-state index contributed by atoms with van der Waals surface area (Å²) in [5.74, 6) is 0.840. The molecule has 1 aliphatic carbocycles. The molecule has 0 unspecified atom stereocenters. The lowest BCUT2D eigenvalue weighted by atomic mass is 9.92. The van der Waals surface area contributed by atoms with Gasteiger partial charge in [0.05, 0.1) is 29.5 Å². The number of carbonyl (C=O) groups is 1. The average Bonchev–Trinajstić information content (AvgIpc) is 3.15. The molecule has 5 rings (SSSR count). The Morgan fingerprint density at radius 3 is 2.46 bits per heavy atom. The third-order valence-corrected chi connectivity index (χ3v) is 7.17. The summed E-state index contributed by atoms with van der Waals surface area (Å²) < 4.78 is 13.3. The van der Waals surface area contributed by atoms with E-state index in [4.69, 9.17) is 15.2 Å². The molecule has 1 atom stereocenters. The maximum Gasteiger partial charge on any atom is 0.251 e. The lowest BCUT2D eigenvalue weighted by molar-refractivity contribution is 0.0940. The van der Waals surface area contributed by atoms with Gasteiger partial charge in [-0.25, -0.2) is 0 Å². The number of anilines is 1. The number of methoxy groups -OCH3 is 1. The molecule has 1 heterocycles. The van der Waals surface area contributed by atoms with Crippen LogP contribution in [-0.2, 0) is 4.74 Å². The first-order valence-electron chi connectivity index (χ1n) is 12.7. The van der Waals surface area contributed by atoms with Crippen LogP contribution >= 0.6 is 0 Å². The van der Waals surface area contributed by atoms with Crippen molar-refractivity contribution >= 4 is 22.5 Å². The smallest absolute Gasteiger partial charge is 0.251 e. The van der Waals surface area contributed by atoms with Crippen LogP contribution in [0.2, 0.25) is 0 Å². The minimum Gasteiger partial charge on any atom is -0.508 e. The zero-order valence-electron chi connectivity index (χ0n) is 21.2. The summed E-state index contributed by atoms with van der Waals surface area (Å²) in [5.41, 5.74) is 12.0. The van der Waals surface area contributed by atoms with Gasteiger partial charge in [0.2, 0.25) is 0 Å². The summed E-state index contributed by atoms with van der Waals surface area (Å²) in [4.78, 5) is 12.9. The van der Waals surface area contributed by atoms with Crippen LogP contribution in [0.5, 0.6) is 11.5 Å². The Balaban J connectivity index is 1.42. The van der Waals surface area contributed by atoms with Crippen molar-refractivity contribution in [2.75, 3.05) is 26.1 Å². The number of aromatic nitrogens is 1. The second-order valence-electron chi connectivity index (χ2n) is 9.60. The number of carbonyl (C=O) groups excluding carboxylic acids is 1. The maximum atomic E-state index is 12.9. The molecule has 0 spiro atoms. The number of aromatic hydroxyl groups is 1. The van der Waals surface area contributed by atoms with Crippen LogP contribution in [0.25, 0.3) is 22.2 Å². The normalized spacial score (nSPS) is 14.3. The van der Waals surface area contributed by atoms with E-state index in [-0.39, 0.29) is 17.7 Å². The van der Waals surface area contributed by atoms with Crippen LogP contribution in [0.4, 0.5) is 5.69 Å². The molecule has 7 heteroatoms. The number of nitrogens with two attached hydrogens (primary N) is 1. The predicted octanol–water partition coefficient (Wildman–Crippen LogP) is 5.84. The average molecular weight is 500 g/mol. The van der Waals surface area contributed by atoms with Crippen molar-refractivity contribution in [2.24, 2.45) is 0 Å². The van der Waals surface area contributed by atoms with Crippen molar-refractivity contribution in [3.05, 3.63) is 77.9 Å². The van der Waals surface area contributed by atoms with Crippen LogP contribution in [0.15, 0.2) is 66.7 Å². The Kier molecular flexibility index (Phi) is 7.06. The minimum atomic E-state index is -0.190. The summed E-state index contributed by atoms with van der Waals surface area (Å²) in [5, 5.41) is 13.5. The van der Waals surface area contributed by atoms with Gasteiger partial charge in [-0.05, 0) is 68.1 Å². The largest absolute Gasteiger partial charge is 0.508 e. The van der Waals surface area contributed by atoms with Crippen LogP contribution in [0.1, 0.15) is 54.2 Å². The van der Waals surface area contributed by atoms with E-state index < -0.39 is 0 Å². The molecule has 1 fully saturated rings. The minimum absolute atomic E-state index is 0.155. The fraction of sp³-hybridized carbons (Fsp3) is 0.300. The van der Waals surface area contributed by atoms with Gasteiger partial charge in [-0.3, -0.25) is 4.79 Å². The third kappa shape index (κ3) is 5.00. The quantitative estimate of drug-likeness (QED) is 0.251. The molecule has 4 aromatic rings. The molecule has 37 heavy (non-hydrogen) atoms. The lowest BCUT2D eigenvalue weighted by Crippen LogP contribution is -2.26. The Morgan fingerprint density at radius 2 is 1.81 bits per heavy atom. The zero-order chi connectivity index (χ0) is 25.9. The van der Waals surface area contributed by atoms with E-state index in [1.54, 1.807) is 31.4 Å². The molecular weight excluding hydrogens is 466 g/mol. The molecule has 0 bridgehead atoms. The standard InChI is InChI=1S/C30H33N3O4/c1-19(20-10-12-24(34)13-11-20)32-30(35)22-8-6-21(7-9-22)29-28(31)26-15-14-25(37-17-16-36-2)18-27(26)33(29)23-4-3-5-23/h6-15,18-19,23,34H,3-5,16-17,31H2,1-2H3,(H,32,35)/t19-/m1/s1. The molecule has 192 valence electrons. The lowest BCUT2D eigenvalue weighted by Gasteiger charge is -2.30. The summed E-state index contributed by atoms with van der Waals surface area (Å²) >= 11 is 0. The van der Waals surface area contributed by atoms with Gasteiger partial charge in [-0.2, -0.15) is 0 Å². The first-order valence-corrected chi connectivity index (χ1v) is 12.7. The number of phenols is 1. The zero-order valence-corrected chi connectivity index (χ0v) is 21.2. The second-order valence-corrected chi connectivity index (χ2v) is 9.60. The molecule has 3 aromatic carbocycles. The number of benzene rings is 3. The number of phenolic OH excluding ortho intramolecular Hbond substituents is 1. The van der Waals surface area contributed by atoms with E-state index in [0.29, 0.717) is 24.8 Å². The highest BCUT2D eigenvalue weighted by molar-refractivity contribution is 6.02. The van der Waals surface area contributed by atoms with Gasteiger partial charge in [0.15, 0.2) is 0 Å². The molecule has 0 radical (unpaired) electrons. The number of ether oxygens (including phenoxy) is 2. The monoisotopic (exact) mass is 499 g/mol. The molecule has 1 amide bonds. The van der Waals surface area contributed by atoms with Crippen LogP contribution < -0.4 is 15.8 Å². The topological polar surface area (TPSA) is 98.7 Å². The van der Waals surface area contributed by atoms with Crippen molar-refractivity contribution in [3.63, 3.8) is 0 Å². The van der Waals surface area contributed by atoms with Crippen molar-refractivity contribution in [3.8, 4) is 22.8 Å². The summed E-state index contributed by atoms with van der Waals surface area (Å²) in [6.07, 6.45) is 3.42. The Bertz CT molecular complexity index is 1390. The molecule has 1 aromatic heterocycles. The molecule has 7 nitrogen and oxygen atoms in total. The van der Waals surface area contributed by atoms with Gasteiger partial charge in [0, 0.05) is 35.7 Å². The van der Waals surface area contributed by atoms with Gasteiger partial charge in [-0.15, -0.1) is 0 Å². The number of nitrogens with one attached hydrogen (secondary N) is 1. The van der Waals surface area contributed by atoms with E-state index in [0.717, 1.165) is 52.0 Å². The number of hydrogen-bond donors (Lipinski definition) is 3. The fourth-order valence-electron chi connectivity index (χ4n) is 4.87. The number of rotatable bonds is 9. The predicted molar refractivity (Wildman–Crippen MR) is 146 cm³/mol. The molecule has 0 aliphatic heterocycles.